The van der Waals surface area contributed by atoms with Crippen LogP contribution in [0, 0.1) is 0 Å². The number of aromatic nitrogens is 2. The summed E-state index contributed by atoms with van der Waals surface area (Å²) in [5.74, 6) is -0.189. The maximum absolute atomic E-state index is 12.7. The van der Waals surface area contributed by atoms with Crippen molar-refractivity contribution in [3.8, 4) is 11.3 Å². The highest BCUT2D eigenvalue weighted by molar-refractivity contribution is 6.30. The molecule has 0 unspecified atom stereocenters. The highest BCUT2D eigenvalue weighted by Gasteiger charge is 2.26. The molecule has 0 saturated heterocycles. The highest BCUT2D eigenvalue weighted by Crippen LogP contribution is 2.23. The number of nitrogens with zero attached hydrogens (tertiary/aromatic N) is 2. The van der Waals surface area contributed by atoms with Crippen molar-refractivity contribution in [1.82, 2.24) is 9.55 Å². The molecule has 0 amide bonds. The number of hydrogen-bond acceptors (Lipinski definition) is 4. The zero-order valence-electron chi connectivity index (χ0n) is 16.8. The molecular weight excluding hydrogens is 421 g/mol. The molecule has 2 aromatic rings. The summed E-state index contributed by atoms with van der Waals surface area (Å²) < 4.78 is 38.8. The Balaban J connectivity index is 2.32. The predicted molar refractivity (Wildman–Crippen MR) is 108 cm³/mol. The number of ketones is 1. The standard InChI is InChI=1S/C21H24ClF3N2O3/c1-20(2,30)11-9-16(28)13-27-18(4-3-10-21(23,24)25)26-17(12-19(27)29)14-5-7-15(22)8-6-14/h5-8,12,30H,3-4,9-11,13H2,1-2H3. The fraction of sp³-hybridized carbons (Fsp3) is 0.476. The van der Waals surface area contributed by atoms with Crippen LogP contribution in [0.3, 0.4) is 0 Å². The van der Waals surface area contributed by atoms with Crippen molar-refractivity contribution in [1.29, 1.82) is 0 Å². The first-order valence-corrected chi connectivity index (χ1v) is 9.89. The van der Waals surface area contributed by atoms with Gasteiger partial charge in [-0.2, -0.15) is 13.2 Å². The third kappa shape index (κ3) is 7.91. The van der Waals surface area contributed by atoms with Gasteiger partial charge in [0.15, 0.2) is 5.78 Å². The predicted octanol–water partition coefficient (Wildman–Crippen LogP) is 4.57. The van der Waals surface area contributed by atoms with E-state index in [0.29, 0.717) is 16.3 Å². The van der Waals surface area contributed by atoms with Crippen LogP contribution in [0.25, 0.3) is 11.3 Å². The molecule has 0 spiro atoms. The Labute approximate surface area is 177 Å². The average molecular weight is 445 g/mol. The van der Waals surface area contributed by atoms with Crippen LogP contribution in [0.2, 0.25) is 5.02 Å². The lowest BCUT2D eigenvalue weighted by atomic mass is 10.0. The van der Waals surface area contributed by atoms with Crippen LogP contribution in [0.15, 0.2) is 35.1 Å². The Morgan fingerprint density at radius 3 is 2.37 bits per heavy atom. The van der Waals surface area contributed by atoms with Crippen molar-refractivity contribution in [2.75, 3.05) is 0 Å². The topological polar surface area (TPSA) is 72.2 Å². The lowest BCUT2D eigenvalue weighted by molar-refractivity contribution is -0.135. The summed E-state index contributed by atoms with van der Waals surface area (Å²) in [7, 11) is 0. The molecule has 1 N–H and O–H groups in total. The van der Waals surface area contributed by atoms with Gasteiger partial charge in [0.1, 0.15) is 5.82 Å². The zero-order valence-corrected chi connectivity index (χ0v) is 17.6. The summed E-state index contributed by atoms with van der Waals surface area (Å²) in [5.41, 5.74) is -0.658. The second kappa shape index (κ2) is 9.75. The molecule has 0 aliphatic rings. The fourth-order valence-electron chi connectivity index (χ4n) is 2.83. The van der Waals surface area contributed by atoms with Gasteiger partial charge in [0.05, 0.1) is 17.8 Å². The molecule has 164 valence electrons. The minimum Gasteiger partial charge on any atom is -0.390 e. The third-order valence-corrected chi connectivity index (χ3v) is 4.69. The van der Waals surface area contributed by atoms with E-state index in [2.05, 4.69) is 4.98 Å². The summed E-state index contributed by atoms with van der Waals surface area (Å²) in [4.78, 5) is 29.3. The summed E-state index contributed by atoms with van der Waals surface area (Å²) in [6, 6.07) is 7.80. The van der Waals surface area contributed by atoms with Gasteiger partial charge in [0.2, 0.25) is 0 Å². The molecule has 30 heavy (non-hydrogen) atoms. The minimum atomic E-state index is -4.32. The first-order chi connectivity index (χ1) is 13.8. The smallest absolute Gasteiger partial charge is 0.389 e. The molecule has 0 aliphatic heterocycles. The van der Waals surface area contributed by atoms with E-state index in [-0.39, 0.29) is 43.8 Å². The van der Waals surface area contributed by atoms with E-state index in [9.17, 15) is 27.9 Å². The number of alkyl halides is 3. The normalized spacial score (nSPS) is 12.2. The van der Waals surface area contributed by atoms with Crippen LogP contribution >= 0.6 is 11.6 Å². The molecule has 0 atom stereocenters. The number of hydrogen-bond donors (Lipinski definition) is 1. The van der Waals surface area contributed by atoms with E-state index in [0.717, 1.165) is 4.57 Å². The maximum atomic E-state index is 12.7. The van der Waals surface area contributed by atoms with Crippen LogP contribution in [0.4, 0.5) is 13.2 Å². The average Bonchev–Trinajstić information content (AvgIpc) is 2.61. The van der Waals surface area contributed by atoms with E-state index in [1.165, 1.54) is 6.07 Å². The SMILES string of the molecule is CC(C)(O)CCC(=O)Cn1c(CCCC(F)(F)F)nc(-c2ccc(Cl)cc2)cc1=O. The highest BCUT2D eigenvalue weighted by atomic mass is 35.5. The second-order valence-corrected chi connectivity index (χ2v) is 8.25. The summed E-state index contributed by atoms with van der Waals surface area (Å²) in [6.45, 7) is 2.83. The van der Waals surface area contributed by atoms with Crippen molar-refractivity contribution >= 4 is 17.4 Å². The number of Topliss-reactive ketones (excluding diaryl/α,β-unsaturated/α-hetero) is 1. The molecular formula is C21H24ClF3N2O3. The number of aliphatic hydroxyl groups is 1. The lowest BCUT2D eigenvalue weighted by Crippen LogP contribution is -2.29. The van der Waals surface area contributed by atoms with Gasteiger partial charge in [-0.15, -0.1) is 0 Å². The molecule has 0 bridgehead atoms. The van der Waals surface area contributed by atoms with Crippen LogP contribution in [-0.4, -0.2) is 32.2 Å². The number of rotatable bonds is 9. The van der Waals surface area contributed by atoms with Crippen LogP contribution in [0.5, 0.6) is 0 Å². The molecule has 0 aliphatic carbocycles. The molecule has 2 rings (SSSR count). The number of carbonyl (C=O) groups is 1. The first-order valence-electron chi connectivity index (χ1n) is 9.51. The zero-order chi connectivity index (χ0) is 22.5. The van der Waals surface area contributed by atoms with Crippen LogP contribution < -0.4 is 5.56 Å². The van der Waals surface area contributed by atoms with Gasteiger partial charge in [-0.25, -0.2) is 4.98 Å². The van der Waals surface area contributed by atoms with Crippen molar-refractivity contribution in [2.24, 2.45) is 0 Å². The molecule has 0 fully saturated rings. The van der Waals surface area contributed by atoms with Gasteiger partial charge in [-0.05, 0) is 38.8 Å². The minimum absolute atomic E-state index is 0.0386. The number of aryl methyl sites for hydroxylation is 1. The van der Waals surface area contributed by atoms with Crippen molar-refractivity contribution in [2.45, 2.75) is 64.3 Å². The Morgan fingerprint density at radius 2 is 1.80 bits per heavy atom. The molecule has 1 aromatic heterocycles. The first kappa shape index (κ1) is 24.1. The maximum Gasteiger partial charge on any atom is 0.389 e. The van der Waals surface area contributed by atoms with Crippen molar-refractivity contribution in [3.05, 3.63) is 51.5 Å². The number of carbonyl (C=O) groups excluding carboxylic acids is 1. The monoisotopic (exact) mass is 444 g/mol. The van der Waals surface area contributed by atoms with Crippen molar-refractivity contribution < 1.29 is 23.1 Å². The van der Waals surface area contributed by atoms with Crippen LogP contribution in [0.1, 0.15) is 45.4 Å². The molecule has 9 heteroatoms. The van der Waals surface area contributed by atoms with Gasteiger partial charge in [-0.3, -0.25) is 14.2 Å². The van der Waals surface area contributed by atoms with Crippen LogP contribution in [-0.2, 0) is 17.8 Å². The molecule has 0 saturated carbocycles. The van der Waals surface area contributed by atoms with E-state index in [1.54, 1.807) is 38.1 Å². The van der Waals surface area contributed by atoms with Gasteiger partial charge in [0, 0.05) is 35.9 Å². The quantitative estimate of drug-likeness (QED) is 0.615. The Bertz CT molecular complexity index is 932. The number of halogens is 4. The molecule has 1 aromatic carbocycles. The number of benzene rings is 1. The van der Waals surface area contributed by atoms with E-state index in [4.69, 9.17) is 11.6 Å². The summed E-state index contributed by atoms with van der Waals surface area (Å²) in [6.07, 6.45) is -5.44. The van der Waals surface area contributed by atoms with Gasteiger partial charge in [-0.1, -0.05) is 23.7 Å². The fourth-order valence-corrected chi connectivity index (χ4v) is 2.96. The van der Waals surface area contributed by atoms with Gasteiger partial charge >= 0.3 is 6.18 Å². The van der Waals surface area contributed by atoms with E-state index >= 15 is 0 Å². The van der Waals surface area contributed by atoms with Crippen molar-refractivity contribution in [3.63, 3.8) is 0 Å². The molecule has 1 heterocycles. The lowest BCUT2D eigenvalue weighted by Gasteiger charge is -2.17. The Kier molecular flexibility index (Phi) is 7.82. The largest absolute Gasteiger partial charge is 0.390 e. The van der Waals surface area contributed by atoms with E-state index in [1.807, 2.05) is 0 Å². The second-order valence-electron chi connectivity index (χ2n) is 7.81. The third-order valence-electron chi connectivity index (χ3n) is 4.44. The summed E-state index contributed by atoms with van der Waals surface area (Å²) in [5, 5.41) is 10.3. The molecule has 0 radical (unpaired) electrons. The Hall–Kier alpha value is -2.19. The Morgan fingerprint density at radius 1 is 1.17 bits per heavy atom. The summed E-state index contributed by atoms with van der Waals surface area (Å²) >= 11 is 5.87. The van der Waals surface area contributed by atoms with Gasteiger partial charge < -0.3 is 5.11 Å². The van der Waals surface area contributed by atoms with Gasteiger partial charge in [0.25, 0.3) is 5.56 Å². The van der Waals surface area contributed by atoms with E-state index < -0.39 is 23.8 Å². The molecule has 5 nitrogen and oxygen atoms in total.